The molecule has 0 saturated carbocycles. The largest absolute Gasteiger partial charge is 0.491 e. The highest BCUT2D eigenvalue weighted by molar-refractivity contribution is 6.02. The number of nitrogens with zero attached hydrogens (tertiary/aromatic N) is 4. The zero-order valence-electron chi connectivity index (χ0n) is 13.9. The number of ether oxygens (including phenoxy) is 1. The van der Waals surface area contributed by atoms with E-state index in [9.17, 15) is 4.79 Å². The van der Waals surface area contributed by atoms with Crippen LogP contribution >= 0.6 is 0 Å². The predicted octanol–water partition coefficient (Wildman–Crippen LogP) is 2.78. The van der Waals surface area contributed by atoms with Crippen LogP contribution in [0, 0.1) is 13.8 Å². The number of nitrogens with one attached hydrogen (secondary N) is 1. The Morgan fingerprint density at radius 3 is 2.83 bits per heavy atom. The third-order valence-electron chi connectivity index (χ3n) is 3.42. The van der Waals surface area contributed by atoms with Gasteiger partial charge in [-0.2, -0.15) is 4.98 Å². The number of amides is 1. The molecule has 0 spiro atoms. The highest BCUT2D eigenvalue weighted by Crippen LogP contribution is 2.24. The van der Waals surface area contributed by atoms with Crippen molar-refractivity contribution in [2.45, 2.75) is 27.2 Å². The van der Waals surface area contributed by atoms with Crippen LogP contribution in [0.5, 0.6) is 5.75 Å². The summed E-state index contributed by atoms with van der Waals surface area (Å²) in [5.41, 5.74) is 2.30. The third kappa shape index (κ3) is 3.19. The Bertz CT molecular complexity index is 888. The summed E-state index contributed by atoms with van der Waals surface area (Å²) < 4.78 is 7.20. The molecule has 3 aromatic rings. The quantitative estimate of drug-likeness (QED) is 0.780. The van der Waals surface area contributed by atoms with E-state index >= 15 is 0 Å². The number of benzene rings is 1. The molecule has 2 heterocycles. The number of aryl methyl sites for hydroxylation is 2. The summed E-state index contributed by atoms with van der Waals surface area (Å²) >= 11 is 0. The topological polar surface area (TPSA) is 81.4 Å². The van der Waals surface area contributed by atoms with E-state index in [1.807, 2.05) is 45.0 Å². The van der Waals surface area contributed by atoms with Crippen LogP contribution in [0.25, 0.3) is 5.78 Å². The number of rotatable bonds is 5. The first-order valence-electron chi connectivity index (χ1n) is 7.82. The Kier molecular flexibility index (Phi) is 4.41. The lowest BCUT2D eigenvalue weighted by Gasteiger charge is -2.10. The van der Waals surface area contributed by atoms with Crippen LogP contribution in [0.3, 0.4) is 0 Å². The number of anilines is 1. The van der Waals surface area contributed by atoms with E-state index in [-0.39, 0.29) is 5.82 Å². The fourth-order valence-electron chi connectivity index (χ4n) is 2.35. The van der Waals surface area contributed by atoms with Crippen molar-refractivity contribution in [1.29, 1.82) is 0 Å². The van der Waals surface area contributed by atoms with Gasteiger partial charge >= 0.3 is 0 Å². The van der Waals surface area contributed by atoms with E-state index in [1.165, 1.54) is 0 Å². The monoisotopic (exact) mass is 325 g/mol. The highest BCUT2D eigenvalue weighted by Gasteiger charge is 2.16. The zero-order valence-corrected chi connectivity index (χ0v) is 13.9. The van der Waals surface area contributed by atoms with Gasteiger partial charge < -0.3 is 10.1 Å². The van der Waals surface area contributed by atoms with E-state index < -0.39 is 5.91 Å². The van der Waals surface area contributed by atoms with E-state index in [2.05, 4.69) is 20.4 Å². The van der Waals surface area contributed by atoms with Crippen molar-refractivity contribution in [3.8, 4) is 5.75 Å². The molecule has 0 radical (unpaired) electrons. The van der Waals surface area contributed by atoms with E-state index in [1.54, 1.807) is 10.6 Å². The SMILES string of the molecule is CCCOc1ccccc1NC(=O)c1nc2nc(C)cc(C)n2n1. The average molecular weight is 325 g/mol. The number of para-hydroxylation sites is 2. The van der Waals surface area contributed by atoms with Crippen LogP contribution in [0.2, 0.25) is 0 Å². The van der Waals surface area contributed by atoms with Gasteiger partial charge in [0.15, 0.2) is 0 Å². The second kappa shape index (κ2) is 6.66. The van der Waals surface area contributed by atoms with Crippen molar-refractivity contribution < 1.29 is 9.53 Å². The van der Waals surface area contributed by atoms with E-state index in [4.69, 9.17) is 4.74 Å². The molecule has 0 fully saturated rings. The minimum atomic E-state index is -0.398. The average Bonchev–Trinajstić information content (AvgIpc) is 2.98. The fourth-order valence-corrected chi connectivity index (χ4v) is 2.35. The summed E-state index contributed by atoms with van der Waals surface area (Å²) in [7, 11) is 0. The molecular weight excluding hydrogens is 306 g/mol. The lowest BCUT2D eigenvalue weighted by molar-refractivity contribution is 0.101. The van der Waals surface area contributed by atoms with Gasteiger partial charge in [-0.15, -0.1) is 5.10 Å². The van der Waals surface area contributed by atoms with Gasteiger partial charge in [0.2, 0.25) is 5.82 Å². The molecule has 0 bridgehead atoms. The molecule has 7 nitrogen and oxygen atoms in total. The first-order valence-corrected chi connectivity index (χ1v) is 7.82. The maximum absolute atomic E-state index is 12.5. The number of carbonyl (C=O) groups excluding carboxylic acids is 1. The maximum atomic E-state index is 12.5. The first-order chi connectivity index (χ1) is 11.6. The normalized spacial score (nSPS) is 10.8. The van der Waals surface area contributed by atoms with Crippen LogP contribution in [0.1, 0.15) is 35.4 Å². The van der Waals surface area contributed by atoms with Crippen molar-refractivity contribution in [2.24, 2.45) is 0 Å². The molecule has 1 aromatic carbocycles. The van der Waals surface area contributed by atoms with E-state index in [0.29, 0.717) is 23.8 Å². The van der Waals surface area contributed by atoms with Gasteiger partial charge in [0.25, 0.3) is 11.7 Å². The molecule has 3 rings (SSSR count). The molecule has 0 saturated heterocycles. The van der Waals surface area contributed by atoms with Gasteiger partial charge in [0, 0.05) is 11.4 Å². The Labute approximate surface area is 139 Å². The van der Waals surface area contributed by atoms with Gasteiger partial charge in [0.1, 0.15) is 5.75 Å². The molecule has 1 amide bonds. The highest BCUT2D eigenvalue weighted by atomic mass is 16.5. The van der Waals surface area contributed by atoms with Crippen LogP contribution in [0.15, 0.2) is 30.3 Å². The Hall–Kier alpha value is -2.96. The van der Waals surface area contributed by atoms with Crippen molar-refractivity contribution in [1.82, 2.24) is 19.6 Å². The second-order valence-corrected chi connectivity index (χ2v) is 5.48. The molecule has 0 atom stereocenters. The fraction of sp³-hybridized carbons (Fsp3) is 0.294. The molecule has 0 aliphatic rings. The molecule has 7 heteroatoms. The smallest absolute Gasteiger partial charge is 0.295 e. The molecule has 124 valence electrons. The first kappa shape index (κ1) is 15.9. The Morgan fingerprint density at radius 1 is 1.25 bits per heavy atom. The summed E-state index contributed by atoms with van der Waals surface area (Å²) in [5, 5.41) is 7.03. The number of hydrogen-bond acceptors (Lipinski definition) is 5. The van der Waals surface area contributed by atoms with Gasteiger partial charge in [-0.25, -0.2) is 9.50 Å². The number of hydrogen-bond donors (Lipinski definition) is 1. The zero-order chi connectivity index (χ0) is 17.1. The van der Waals surface area contributed by atoms with Crippen molar-refractivity contribution in [2.75, 3.05) is 11.9 Å². The molecule has 0 aliphatic heterocycles. The third-order valence-corrected chi connectivity index (χ3v) is 3.42. The summed E-state index contributed by atoms with van der Waals surface area (Å²) in [6.07, 6.45) is 0.889. The van der Waals surface area contributed by atoms with Gasteiger partial charge in [-0.3, -0.25) is 4.79 Å². The Balaban J connectivity index is 1.87. The lowest BCUT2D eigenvalue weighted by atomic mass is 10.3. The second-order valence-electron chi connectivity index (χ2n) is 5.48. The minimum Gasteiger partial charge on any atom is -0.491 e. The predicted molar refractivity (Wildman–Crippen MR) is 90.4 cm³/mol. The van der Waals surface area contributed by atoms with Crippen molar-refractivity contribution in [3.63, 3.8) is 0 Å². The Morgan fingerprint density at radius 2 is 2.04 bits per heavy atom. The number of carbonyl (C=O) groups is 1. The molecule has 0 unspecified atom stereocenters. The standard InChI is InChI=1S/C17H19N5O2/c1-4-9-24-14-8-6-5-7-13(14)19-16(23)15-20-17-18-11(2)10-12(3)22(17)21-15/h5-8,10H,4,9H2,1-3H3,(H,19,23). The van der Waals surface area contributed by atoms with E-state index in [0.717, 1.165) is 17.8 Å². The minimum absolute atomic E-state index is 0.0708. The van der Waals surface area contributed by atoms with Crippen LogP contribution < -0.4 is 10.1 Å². The maximum Gasteiger partial charge on any atom is 0.295 e. The summed E-state index contributed by atoms with van der Waals surface area (Å²) in [6.45, 7) is 6.38. The van der Waals surface area contributed by atoms with Crippen LogP contribution in [-0.4, -0.2) is 32.1 Å². The van der Waals surface area contributed by atoms with Gasteiger partial charge in [-0.1, -0.05) is 19.1 Å². The summed E-state index contributed by atoms with van der Waals surface area (Å²) in [5.74, 6) is 0.710. The molecule has 1 N–H and O–H groups in total. The molecule has 0 aliphatic carbocycles. The lowest BCUT2D eigenvalue weighted by Crippen LogP contribution is -2.15. The summed E-state index contributed by atoms with van der Waals surface area (Å²) in [6, 6.07) is 9.18. The summed E-state index contributed by atoms with van der Waals surface area (Å²) in [4.78, 5) is 21.0. The molecule has 24 heavy (non-hydrogen) atoms. The van der Waals surface area contributed by atoms with Crippen LogP contribution in [0.4, 0.5) is 5.69 Å². The number of aromatic nitrogens is 4. The van der Waals surface area contributed by atoms with Gasteiger partial charge in [0.05, 0.1) is 12.3 Å². The molecule has 2 aromatic heterocycles. The van der Waals surface area contributed by atoms with Crippen molar-refractivity contribution in [3.05, 3.63) is 47.5 Å². The molecular formula is C17H19N5O2. The van der Waals surface area contributed by atoms with Crippen LogP contribution in [-0.2, 0) is 0 Å². The van der Waals surface area contributed by atoms with Crippen molar-refractivity contribution >= 4 is 17.4 Å². The van der Waals surface area contributed by atoms with Gasteiger partial charge in [-0.05, 0) is 38.5 Å². The number of fused-ring (bicyclic) bond motifs is 1.